The van der Waals surface area contributed by atoms with Gasteiger partial charge in [-0.25, -0.2) is 9.13 Å². The number of aliphatic hydroxyl groups excluding tert-OH is 1. The van der Waals surface area contributed by atoms with Crippen LogP contribution in [0, 0.1) is 11.8 Å². The topological polar surface area (TPSA) is 237 Å². The second-order valence-electron chi connectivity index (χ2n) is 31.2. The minimum Gasteiger partial charge on any atom is -0.462 e. The summed E-state index contributed by atoms with van der Waals surface area (Å²) in [5, 5.41) is 10.7. The first-order valence-corrected chi connectivity index (χ1v) is 46.5. The summed E-state index contributed by atoms with van der Waals surface area (Å²) in [6.45, 7) is 9.65. The fraction of sp³-hybridized carbons (Fsp3) is 0.952. The van der Waals surface area contributed by atoms with Gasteiger partial charge in [0.05, 0.1) is 26.4 Å². The van der Waals surface area contributed by atoms with Gasteiger partial charge in [0.1, 0.15) is 19.3 Å². The van der Waals surface area contributed by atoms with Crippen molar-refractivity contribution >= 4 is 39.5 Å². The molecule has 0 aromatic rings. The summed E-state index contributed by atoms with van der Waals surface area (Å²) in [4.78, 5) is 73.1. The van der Waals surface area contributed by atoms with Crippen molar-refractivity contribution in [2.24, 2.45) is 11.8 Å². The Bertz CT molecular complexity index is 1980. The van der Waals surface area contributed by atoms with Gasteiger partial charge in [0.25, 0.3) is 0 Å². The van der Waals surface area contributed by atoms with Crippen LogP contribution in [-0.4, -0.2) is 96.7 Å². The molecule has 0 aliphatic rings. The average Bonchev–Trinajstić information content (AvgIpc) is 0.938. The number of esters is 4. The van der Waals surface area contributed by atoms with E-state index in [0.717, 1.165) is 102 Å². The molecule has 0 rings (SSSR count). The van der Waals surface area contributed by atoms with Crippen LogP contribution in [0.4, 0.5) is 0 Å². The zero-order chi connectivity index (χ0) is 75.6. The van der Waals surface area contributed by atoms with Crippen LogP contribution >= 0.6 is 15.6 Å². The third kappa shape index (κ3) is 78.0. The minimum atomic E-state index is -4.96. The molecule has 0 bridgehead atoms. The van der Waals surface area contributed by atoms with E-state index < -0.39 is 97.5 Å². The average molecular weight is 1510 g/mol. The Balaban J connectivity index is 5.24. The lowest BCUT2D eigenvalue weighted by Gasteiger charge is -2.21. The Labute approximate surface area is 632 Å². The maximum absolute atomic E-state index is 13.1. The van der Waals surface area contributed by atoms with Crippen LogP contribution in [0.2, 0.25) is 0 Å². The first kappa shape index (κ1) is 101. The van der Waals surface area contributed by atoms with E-state index in [9.17, 15) is 43.2 Å². The Morgan fingerprint density at radius 1 is 0.262 bits per heavy atom. The monoisotopic (exact) mass is 1510 g/mol. The molecule has 0 saturated heterocycles. The number of hydrogen-bond acceptors (Lipinski definition) is 15. The SMILES string of the molecule is CCCCCCCCCCCCCCCCCCCCCCC(=O)O[C@H](COC(=O)CCCCCCCCCCCCCCCCCC(C)C)COP(=O)(O)OC[C@@H](O)COP(=O)(O)OC[C@@H](COC(=O)CCCCCCCCCCC(C)C)OC(=O)CCCCCCCCCCCCCCCC. The highest BCUT2D eigenvalue weighted by molar-refractivity contribution is 7.47. The second kappa shape index (κ2) is 75.5. The number of rotatable bonds is 83. The molecule has 612 valence electrons. The van der Waals surface area contributed by atoms with Gasteiger partial charge in [0.2, 0.25) is 0 Å². The molecule has 3 N–H and O–H groups in total. The van der Waals surface area contributed by atoms with Gasteiger partial charge in [0, 0.05) is 25.7 Å². The van der Waals surface area contributed by atoms with Crippen molar-refractivity contribution in [3.8, 4) is 0 Å². The molecule has 5 atom stereocenters. The van der Waals surface area contributed by atoms with Crippen molar-refractivity contribution in [1.82, 2.24) is 0 Å². The quantitative estimate of drug-likeness (QED) is 0.0222. The van der Waals surface area contributed by atoms with Crippen LogP contribution in [-0.2, 0) is 65.4 Å². The smallest absolute Gasteiger partial charge is 0.462 e. The molecule has 0 heterocycles. The standard InChI is InChI=1S/C84H164O17P2/c1-7-9-11-13-15-17-19-21-23-24-25-26-27-30-35-39-43-51-57-63-69-84(89)100-79(72-94-81(86)66-60-54-48-41-37-34-31-28-29-32-36-40-46-52-58-64-76(3)4)74-98-102(90,91)96-70-78(85)71-97-103(92,93)99-75-80(73-95-82(87)67-61-55-49-45-44-47-53-59-65-77(5)6)101-83(88)68-62-56-50-42-38-33-22-20-18-16-14-12-10-8-2/h76-80,85H,7-75H2,1-6H3,(H,90,91)(H,92,93)/t78-,79-,80-/m1/s1. The zero-order valence-corrected chi connectivity index (χ0v) is 69.4. The number of phosphoric ester groups is 2. The highest BCUT2D eigenvalue weighted by Gasteiger charge is 2.30. The zero-order valence-electron chi connectivity index (χ0n) is 67.6. The lowest BCUT2D eigenvalue weighted by molar-refractivity contribution is -0.161. The molecule has 0 saturated carbocycles. The number of carbonyl (C=O) groups is 4. The maximum atomic E-state index is 13.1. The van der Waals surface area contributed by atoms with Crippen molar-refractivity contribution in [2.45, 2.75) is 464 Å². The normalized spacial score (nSPS) is 13.9. The third-order valence-corrected chi connectivity index (χ3v) is 21.6. The van der Waals surface area contributed by atoms with E-state index in [2.05, 4.69) is 41.5 Å². The van der Waals surface area contributed by atoms with Crippen LogP contribution in [0.15, 0.2) is 0 Å². The Hall–Kier alpha value is -1.94. The summed E-state index contributed by atoms with van der Waals surface area (Å²) in [5.74, 6) is -0.571. The predicted molar refractivity (Wildman–Crippen MR) is 423 cm³/mol. The van der Waals surface area contributed by atoms with Crippen molar-refractivity contribution in [2.75, 3.05) is 39.6 Å². The Morgan fingerprint density at radius 3 is 0.660 bits per heavy atom. The predicted octanol–water partition coefficient (Wildman–Crippen LogP) is 25.5. The van der Waals surface area contributed by atoms with Crippen molar-refractivity contribution in [3.05, 3.63) is 0 Å². The van der Waals surface area contributed by atoms with E-state index >= 15 is 0 Å². The molecule has 0 aliphatic carbocycles. The van der Waals surface area contributed by atoms with Crippen LogP contribution in [0.3, 0.4) is 0 Å². The van der Waals surface area contributed by atoms with E-state index in [0.29, 0.717) is 25.7 Å². The van der Waals surface area contributed by atoms with Crippen molar-refractivity contribution in [1.29, 1.82) is 0 Å². The molecule has 0 amide bonds. The largest absolute Gasteiger partial charge is 0.472 e. The summed E-state index contributed by atoms with van der Waals surface area (Å²) < 4.78 is 68.8. The van der Waals surface area contributed by atoms with Crippen LogP contribution in [0.25, 0.3) is 0 Å². The molecule has 0 radical (unpaired) electrons. The summed E-state index contributed by atoms with van der Waals surface area (Å²) in [6.07, 6.45) is 66.7. The number of carbonyl (C=O) groups excluding carboxylic acids is 4. The van der Waals surface area contributed by atoms with Gasteiger partial charge < -0.3 is 33.8 Å². The highest BCUT2D eigenvalue weighted by Crippen LogP contribution is 2.45. The number of unbranched alkanes of at least 4 members (excludes halogenated alkanes) is 53. The lowest BCUT2D eigenvalue weighted by Crippen LogP contribution is -2.30. The maximum Gasteiger partial charge on any atom is 0.472 e. The van der Waals surface area contributed by atoms with E-state index in [1.807, 2.05) is 0 Å². The van der Waals surface area contributed by atoms with Crippen LogP contribution in [0.5, 0.6) is 0 Å². The summed E-state index contributed by atoms with van der Waals surface area (Å²) in [7, 11) is -9.92. The minimum absolute atomic E-state index is 0.108. The van der Waals surface area contributed by atoms with Gasteiger partial charge in [0.15, 0.2) is 12.2 Å². The highest BCUT2D eigenvalue weighted by atomic mass is 31.2. The van der Waals surface area contributed by atoms with Crippen molar-refractivity contribution < 1.29 is 80.2 Å². The second-order valence-corrected chi connectivity index (χ2v) is 34.1. The first-order chi connectivity index (χ1) is 49.9. The first-order valence-electron chi connectivity index (χ1n) is 43.5. The number of ether oxygens (including phenoxy) is 4. The lowest BCUT2D eigenvalue weighted by atomic mass is 10.0. The van der Waals surface area contributed by atoms with Gasteiger partial charge in [-0.2, -0.15) is 0 Å². The van der Waals surface area contributed by atoms with Gasteiger partial charge >= 0.3 is 39.5 Å². The summed E-state index contributed by atoms with van der Waals surface area (Å²) >= 11 is 0. The number of aliphatic hydroxyl groups is 1. The Morgan fingerprint density at radius 2 is 0.447 bits per heavy atom. The third-order valence-electron chi connectivity index (χ3n) is 19.7. The van der Waals surface area contributed by atoms with Crippen molar-refractivity contribution in [3.63, 3.8) is 0 Å². The van der Waals surface area contributed by atoms with E-state index in [4.69, 9.17) is 37.0 Å². The summed E-state index contributed by atoms with van der Waals surface area (Å²) in [6, 6.07) is 0. The molecule has 2 unspecified atom stereocenters. The molecule has 0 aromatic carbocycles. The van der Waals surface area contributed by atoms with Gasteiger partial charge in [-0.05, 0) is 37.5 Å². The van der Waals surface area contributed by atoms with E-state index in [1.165, 1.54) is 263 Å². The Kier molecular flexibility index (Phi) is 74.1. The molecule has 103 heavy (non-hydrogen) atoms. The summed E-state index contributed by atoms with van der Waals surface area (Å²) in [5.41, 5.74) is 0. The number of phosphoric acid groups is 2. The van der Waals surface area contributed by atoms with Gasteiger partial charge in [-0.15, -0.1) is 0 Å². The molecular weight excluding hydrogens is 1340 g/mol. The molecular formula is C84H164O17P2. The fourth-order valence-electron chi connectivity index (χ4n) is 13.1. The van der Waals surface area contributed by atoms with Crippen LogP contribution in [0.1, 0.15) is 446 Å². The molecule has 0 aliphatic heterocycles. The molecule has 0 spiro atoms. The molecule has 0 aromatic heterocycles. The van der Waals surface area contributed by atoms with Gasteiger partial charge in [-0.1, -0.05) is 395 Å². The fourth-order valence-corrected chi connectivity index (χ4v) is 14.6. The van der Waals surface area contributed by atoms with Gasteiger partial charge in [-0.3, -0.25) is 37.3 Å². The molecule has 0 fully saturated rings. The molecule has 17 nitrogen and oxygen atoms in total. The molecule has 19 heteroatoms. The van der Waals surface area contributed by atoms with E-state index in [-0.39, 0.29) is 25.7 Å². The number of hydrogen-bond donors (Lipinski definition) is 3. The van der Waals surface area contributed by atoms with E-state index in [1.54, 1.807) is 0 Å². The van der Waals surface area contributed by atoms with Crippen LogP contribution < -0.4 is 0 Å².